The standard InChI is InChI=1S/C34H23NO/c1-22-10-9-15-28-31(22)33(27-14-6-5-13-26(27)32(28)23-11-3-2-4-12-23)24-18-20-25(21-19-24)34-35-29-16-7-8-17-30(29)36-34/h2-21H,1H3. The first-order valence-electron chi connectivity index (χ1n) is 12.2. The van der Waals surface area contributed by atoms with Gasteiger partial charge < -0.3 is 4.42 Å². The number of aryl methyl sites for hydroxylation is 1. The quantitative estimate of drug-likeness (QED) is 0.245. The molecule has 0 spiro atoms. The van der Waals surface area contributed by atoms with Gasteiger partial charge in [0.25, 0.3) is 0 Å². The molecule has 0 aliphatic heterocycles. The lowest BCUT2D eigenvalue weighted by Crippen LogP contribution is -1.92. The van der Waals surface area contributed by atoms with E-state index in [0.29, 0.717) is 5.89 Å². The second kappa shape index (κ2) is 8.21. The summed E-state index contributed by atoms with van der Waals surface area (Å²) in [6.07, 6.45) is 0. The molecule has 2 nitrogen and oxygen atoms in total. The molecule has 0 radical (unpaired) electrons. The minimum atomic E-state index is 0.646. The number of rotatable bonds is 3. The van der Waals surface area contributed by atoms with Gasteiger partial charge in [-0.25, -0.2) is 4.98 Å². The zero-order chi connectivity index (χ0) is 24.1. The summed E-state index contributed by atoms with van der Waals surface area (Å²) in [4.78, 5) is 4.68. The molecule has 1 aromatic heterocycles. The molecule has 0 bridgehead atoms. The summed E-state index contributed by atoms with van der Waals surface area (Å²) in [5.41, 5.74) is 8.91. The van der Waals surface area contributed by atoms with E-state index in [2.05, 4.69) is 109 Å². The van der Waals surface area contributed by atoms with Gasteiger partial charge in [0, 0.05) is 5.56 Å². The number of nitrogens with zero attached hydrogens (tertiary/aromatic N) is 1. The van der Waals surface area contributed by atoms with E-state index in [1.807, 2.05) is 24.3 Å². The molecule has 0 aliphatic rings. The van der Waals surface area contributed by atoms with Crippen molar-refractivity contribution in [3.63, 3.8) is 0 Å². The van der Waals surface area contributed by atoms with Crippen LogP contribution < -0.4 is 0 Å². The van der Waals surface area contributed by atoms with Crippen molar-refractivity contribution in [3.8, 4) is 33.7 Å². The van der Waals surface area contributed by atoms with Crippen LogP contribution in [0.25, 0.3) is 66.4 Å². The Morgan fingerprint density at radius 1 is 0.500 bits per heavy atom. The zero-order valence-corrected chi connectivity index (χ0v) is 19.9. The highest BCUT2D eigenvalue weighted by molar-refractivity contribution is 6.22. The molecular weight excluding hydrogens is 438 g/mol. The van der Waals surface area contributed by atoms with Crippen molar-refractivity contribution in [2.45, 2.75) is 6.92 Å². The Bertz CT molecular complexity index is 1850. The van der Waals surface area contributed by atoms with Gasteiger partial charge >= 0.3 is 0 Å². The number of benzene rings is 6. The number of hydrogen-bond acceptors (Lipinski definition) is 2. The third-order valence-corrected chi connectivity index (χ3v) is 7.03. The molecule has 7 rings (SSSR count). The molecule has 0 atom stereocenters. The number of hydrogen-bond donors (Lipinski definition) is 0. The van der Waals surface area contributed by atoms with E-state index >= 15 is 0 Å². The van der Waals surface area contributed by atoms with Crippen LogP contribution in [0.15, 0.2) is 126 Å². The number of para-hydroxylation sites is 2. The highest BCUT2D eigenvalue weighted by Crippen LogP contribution is 2.44. The summed E-state index contributed by atoms with van der Waals surface area (Å²) in [5.74, 6) is 0.646. The first-order chi connectivity index (χ1) is 17.8. The molecule has 2 heteroatoms. The normalized spacial score (nSPS) is 11.5. The van der Waals surface area contributed by atoms with Crippen molar-refractivity contribution in [1.29, 1.82) is 0 Å². The van der Waals surface area contributed by atoms with E-state index in [9.17, 15) is 0 Å². The Labute approximate surface area is 209 Å². The maximum absolute atomic E-state index is 6.01. The van der Waals surface area contributed by atoms with Gasteiger partial charge in [0.15, 0.2) is 5.58 Å². The fourth-order valence-electron chi connectivity index (χ4n) is 5.40. The van der Waals surface area contributed by atoms with Gasteiger partial charge in [0.1, 0.15) is 5.52 Å². The molecule has 36 heavy (non-hydrogen) atoms. The second-order valence-corrected chi connectivity index (χ2v) is 9.22. The minimum Gasteiger partial charge on any atom is -0.436 e. The van der Waals surface area contributed by atoms with Crippen molar-refractivity contribution >= 4 is 32.6 Å². The Kier molecular flexibility index (Phi) is 4.71. The Hall–Kier alpha value is -4.69. The maximum Gasteiger partial charge on any atom is 0.227 e. The first kappa shape index (κ1) is 20.7. The van der Waals surface area contributed by atoms with Gasteiger partial charge in [-0.3, -0.25) is 0 Å². The average molecular weight is 462 g/mol. The number of aromatic nitrogens is 1. The minimum absolute atomic E-state index is 0.646. The van der Waals surface area contributed by atoms with Gasteiger partial charge in [-0.05, 0) is 80.6 Å². The van der Waals surface area contributed by atoms with Crippen LogP contribution in [0.4, 0.5) is 0 Å². The second-order valence-electron chi connectivity index (χ2n) is 9.22. The molecule has 170 valence electrons. The van der Waals surface area contributed by atoms with Gasteiger partial charge in [-0.1, -0.05) is 97.1 Å². The van der Waals surface area contributed by atoms with Crippen molar-refractivity contribution in [3.05, 3.63) is 127 Å². The van der Waals surface area contributed by atoms with Gasteiger partial charge in [-0.2, -0.15) is 0 Å². The summed E-state index contributed by atoms with van der Waals surface area (Å²) in [5, 5.41) is 5.09. The smallest absolute Gasteiger partial charge is 0.227 e. The van der Waals surface area contributed by atoms with Gasteiger partial charge in [0.2, 0.25) is 5.89 Å². The van der Waals surface area contributed by atoms with Crippen LogP contribution >= 0.6 is 0 Å². The lowest BCUT2D eigenvalue weighted by atomic mass is 9.84. The summed E-state index contributed by atoms with van der Waals surface area (Å²) in [6.45, 7) is 2.21. The maximum atomic E-state index is 6.01. The zero-order valence-electron chi connectivity index (χ0n) is 19.9. The van der Waals surface area contributed by atoms with Crippen LogP contribution in [0.5, 0.6) is 0 Å². The molecule has 0 saturated heterocycles. The monoisotopic (exact) mass is 461 g/mol. The highest BCUT2D eigenvalue weighted by Gasteiger charge is 2.18. The van der Waals surface area contributed by atoms with Gasteiger partial charge in [-0.15, -0.1) is 0 Å². The van der Waals surface area contributed by atoms with Crippen LogP contribution in [0.2, 0.25) is 0 Å². The van der Waals surface area contributed by atoms with Crippen molar-refractivity contribution in [2.75, 3.05) is 0 Å². The molecule has 0 amide bonds. The highest BCUT2D eigenvalue weighted by atomic mass is 16.3. The van der Waals surface area contributed by atoms with E-state index in [4.69, 9.17) is 4.42 Å². The van der Waals surface area contributed by atoms with Crippen LogP contribution in [0.3, 0.4) is 0 Å². The average Bonchev–Trinajstić information content (AvgIpc) is 3.37. The van der Waals surface area contributed by atoms with Crippen LogP contribution in [-0.2, 0) is 0 Å². The van der Waals surface area contributed by atoms with E-state index in [1.54, 1.807) is 0 Å². The predicted octanol–water partition coefficient (Wildman–Crippen LogP) is 9.44. The molecule has 0 unspecified atom stereocenters. The first-order valence-corrected chi connectivity index (χ1v) is 12.2. The van der Waals surface area contributed by atoms with Crippen molar-refractivity contribution in [1.82, 2.24) is 4.98 Å². The van der Waals surface area contributed by atoms with Crippen molar-refractivity contribution < 1.29 is 4.42 Å². The fraction of sp³-hybridized carbons (Fsp3) is 0.0294. The largest absolute Gasteiger partial charge is 0.436 e. The third-order valence-electron chi connectivity index (χ3n) is 7.03. The SMILES string of the molecule is Cc1cccc2c(-c3ccccc3)c3ccccc3c(-c3ccc(-c4nc5ccccc5o4)cc3)c12. The predicted molar refractivity (Wildman–Crippen MR) is 150 cm³/mol. The lowest BCUT2D eigenvalue weighted by molar-refractivity contribution is 0.620. The molecule has 0 N–H and O–H groups in total. The van der Waals surface area contributed by atoms with Crippen LogP contribution in [-0.4, -0.2) is 4.98 Å². The molecular formula is C34H23NO. The molecule has 7 aromatic rings. The molecule has 6 aromatic carbocycles. The van der Waals surface area contributed by atoms with E-state index in [1.165, 1.54) is 49.4 Å². The molecule has 0 fully saturated rings. The summed E-state index contributed by atoms with van der Waals surface area (Å²) < 4.78 is 6.01. The molecule has 0 saturated carbocycles. The Morgan fingerprint density at radius 3 is 1.89 bits per heavy atom. The number of fused-ring (bicyclic) bond motifs is 3. The topological polar surface area (TPSA) is 26.0 Å². The van der Waals surface area contributed by atoms with E-state index in [0.717, 1.165) is 16.7 Å². The summed E-state index contributed by atoms with van der Waals surface area (Å²) in [6, 6.07) is 42.6. The van der Waals surface area contributed by atoms with E-state index in [-0.39, 0.29) is 0 Å². The summed E-state index contributed by atoms with van der Waals surface area (Å²) in [7, 11) is 0. The lowest BCUT2D eigenvalue weighted by Gasteiger charge is -2.19. The molecule has 0 aliphatic carbocycles. The van der Waals surface area contributed by atoms with Gasteiger partial charge in [0.05, 0.1) is 0 Å². The van der Waals surface area contributed by atoms with Crippen LogP contribution in [0.1, 0.15) is 5.56 Å². The third kappa shape index (κ3) is 3.23. The number of oxazole rings is 1. The van der Waals surface area contributed by atoms with E-state index < -0.39 is 0 Å². The summed E-state index contributed by atoms with van der Waals surface area (Å²) >= 11 is 0. The fourth-order valence-corrected chi connectivity index (χ4v) is 5.40. The Balaban J connectivity index is 1.49. The molecule has 1 heterocycles. The Morgan fingerprint density at radius 2 is 1.11 bits per heavy atom. The van der Waals surface area contributed by atoms with Crippen molar-refractivity contribution in [2.24, 2.45) is 0 Å². The van der Waals surface area contributed by atoms with Crippen LogP contribution in [0, 0.1) is 6.92 Å².